The summed E-state index contributed by atoms with van der Waals surface area (Å²) in [7, 11) is 6.70. The van der Waals surface area contributed by atoms with Gasteiger partial charge in [-0.05, 0) is 77.4 Å². The number of aromatic hydroxyl groups is 1. The Kier molecular flexibility index (Phi) is 7.63. The number of nitrogens with two attached hydrogens (primary N) is 1. The van der Waals surface area contributed by atoms with E-state index in [9.17, 15) is 34.2 Å². The lowest BCUT2D eigenvalue weighted by Gasteiger charge is -2.52. The Labute approximate surface area is 255 Å². The molecule has 0 spiro atoms. The first-order chi connectivity index (χ1) is 20.4. The number of nitrogens with zero attached hydrogens (tertiary/aromatic N) is 2. The number of furan rings is 1. The molecule has 2 saturated carbocycles. The molecular weight excluding hydrogens is 568 g/mol. The Morgan fingerprint density at radius 3 is 2.34 bits per heavy atom. The highest BCUT2D eigenvalue weighted by Gasteiger charge is 2.69. The van der Waals surface area contributed by atoms with Gasteiger partial charge in [0.1, 0.15) is 17.3 Å². The third-order valence-electron chi connectivity index (χ3n) is 9.24. The summed E-state index contributed by atoms with van der Waals surface area (Å²) in [6.45, 7) is 6.50. The predicted octanol–water partition coefficient (Wildman–Crippen LogP) is 1.08. The lowest BCUT2D eigenvalue weighted by atomic mass is 9.52. The van der Waals surface area contributed by atoms with E-state index >= 15 is 0 Å². The van der Waals surface area contributed by atoms with Crippen LogP contribution in [0.5, 0.6) is 5.75 Å². The molecule has 1 heterocycles. The molecule has 2 aromatic rings. The van der Waals surface area contributed by atoms with Crippen molar-refractivity contribution in [2.45, 2.75) is 57.3 Å². The summed E-state index contributed by atoms with van der Waals surface area (Å²) >= 11 is 0. The number of hydrogen-bond donors (Lipinski definition) is 4. The van der Waals surface area contributed by atoms with Gasteiger partial charge >= 0.3 is 0 Å². The molecule has 2 fully saturated rings. The number of benzene rings is 1. The van der Waals surface area contributed by atoms with Gasteiger partial charge in [0, 0.05) is 31.2 Å². The Morgan fingerprint density at radius 2 is 1.77 bits per heavy atom. The number of amides is 1. The molecule has 44 heavy (non-hydrogen) atoms. The van der Waals surface area contributed by atoms with Gasteiger partial charge in [-0.2, -0.15) is 0 Å². The number of phenols is 1. The summed E-state index contributed by atoms with van der Waals surface area (Å²) in [5.74, 6) is -9.91. The minimum atomic E-state index is -2.77. The molecule has 0 bridgehead atoms. The molecule has 2 unspecified atom stereocenters. The van der Waals surface area contributed by atoms with Crippen LogP contribution >= 0.6 is 0 Å². The van der Waals surface area contributed by atoms with Crippen LogP contribution in [0.25, 0.3) is 11.3 Å². The van der Waals surface area contributed by atoms with Gasteiger partial charge in [-0.25, -0.2) is 0 Å². The SMILES string of the molecule is CN(C)c1cc(-c2ccc(CNC(C)(C)C)o2)c(O)c2c1C[C@H]1C[C@H]3[C@H](N(C)C)C(=O)C(C(N)=O)C(=O)[C@@]3(O)C(=O)C1C2=O. The van der Waals surface area contributed by atoms with E-state index in [-0.39, 0.29) is 35.3 Å². The molecule has 236 valence electrons. The summed E-state index contributed by atoms with van der Waals surface area (Å²) in [4.78, 5) is 70.7. The molecule has 5 N–H and O–H groups in total. The normalized spacial score (nSPS) is 28.5. The van der Waals surface area contributed by atoms with Crippen LogP contribution in [-0.2, 0) is 32.1 Å². The van der Waals surface area contributed by atoms with Crippen molar-refractivity contribution < 1.29 is 38.6 Å². The first-order valence-corrected chi connectivity index (χ1v) is 14.6. The molecule has 0 aliphatic heterocycles. The van der Waals surface area contributed by atoms with E-state index in [0.29, 0.717) is 29.3 Å². The number of ketones is 4. The smallest absolute Gasteiger partial charge is 0.235 e. The average Bonchev–Trinajstić information content (AvgIpc) is 3.37. The number of fused-ring (bicyclic) bond motifs is 3. The molecule has 5 rings (SSSR count). The fourth-order valence-electron chi connectivity index (χ4n) is 7.21. The number of carbonyl (C=O) groups is 5. The number of likely N-dealkylation sites (N-methyl/N-ethyl adjacent to an activating group) is 1. The van der Waals surface area contributed by atoms with E-state index in [4.69, 9.17) is 10.2 Å². The number of nitrogens with one attached hydrogen (secondary N) is 1. The second-order valence-electron chi connectivity index (χ2n) is 13.7. The van der Waals surface area contributed by atoms with Crippen LogP contribution in [0.1, 0.15) is 48.9 Å². The summed E-state index contributed by atoms with van der Waals surface area (Å²) in [6.07, 6.45) is 0.160. The van der Waals surface area contributed by atoms with Crippen molar-refractivity contribution in [3.05, 3.63) is 35.1 Å². The fourth-order valence-corrected chi connectivity index (χ4v) is 7.21. The Morgan fingerprint density at radius 1 is 1.11 bits per heavy atom. The van der Waals surface area contributed by atoms with Gasteiger partial charge in [0.05, 0.1) is 29.6 Å². The molecule has 3 aliphatic rings. The number of phenolic OH excluding ortho intramolecular Hbond substituents is 1. The lowest BCUT2D eigenvalue weighted by Crippen LogP contribution is -2.74. The predicted molar refractivity (Wildman–Crippen MR) is 160 cm³/mol. The third kappa shape index (κ3) is 4.76. The summed E-state index contributed by atoms with van der Waals surface area (Å²) in [5.41, 5.74) is 3.79. The second-order valence-corrected chi connectivity index (χ2v) is 13.7. The standard InChI is InChI=1S/C32H40N4O8/c1-31(2,3)34-13-15-8-9-20(44-15)17-12-19(35(4)5)16-10-14-11-18-24(36(6)7)27(39)23(30(33)42)29(41)32(18,43)28(40)21(14)26(38)22(16)25(17)37/h8-9,12,14,18,21,23-24,34,37,43H,10-11,13H2,1-7H3,(H2,33,42)/t14-,18-,21?,23?,24-,32-/m0/s1. The van der Waals surface area contributed by atoms with Gasteiger partial charge in [-0.1, -0.05) is 0 Å². The molecule has 1 aromatic heterocycles. The van der Waals surface area contributed by atoms with Crippen LogP contribution in [0.2, 0.25) is 0 Å². The van der Waals surface area contributed by atoms with E-state index in [1.165, 1.54) is 4.90 Å². The average molecular weight is 609 g/mol. The van der Waals surface area contributed by atoms with Gasteiger partial charge in [0.25, 0.3) is 0 Å². The van der Waals surface area contributed by atoms with Crippen molar-refractivity contribution in [3.8, 4) is 17.1 Å². The zero-order valence-corrected chi connectivity index (χ0v) is 26.1. The van der Waals surface area contributed by atoms with Crippen LogP contribution in [0.4, 0.5) is 5.69 Å². The van der Waals surface area contributed by atoms with Crippen molar-refractivity contribution in [2.24, 2.45) is 29.4 Å². The molecule has 1 amide bonds. The molecule has 3 aliphatic carbocycles. The number of primary amides is 1. The highest BCUT2D eigenvalue weighted by atomic mass is 16.3. The van der Waals surface area contributed by atoms with Gasteiger partial charge < -0.3 is 30.6 Å². The van der Waals surface area contributed by atoms with Crippen molar-refractivity contribution in [1.29, 1.82) is 0 Å². The van der Waals surface area contributed by atoms with Gasteiger partial charge in [-0.15, -0.1) is 0 Å². The van der Waals surface area contributed by atoms with Crippen LogP contribution < -0.4 is 16.0 Å². The maximum absolute atomic E-state index is 14.2. The van der Waals surface area contributed by atoms with Crippen LogP contribution in [-0.4, -0.2) is 89.5 Å². The number of anilines is 1. The van der Waals surface area contributed by atoms with E-state index in [1.807, 2.05) is 20.8 Å². The molecule has 12 heteroatoms. The zero-order chi connectivity index (χ0) is 32.6. The number of rotatable bonds is 6. The minimum absolute atomic E-state index is 0.0123. The zero-order valence-electron chi connectivity index (χ0n) is 26.1. The molecule has 1 aromatic carbocycles. The highest BCUT2D eigenvalue weighted by molar-refractivity contribution is 6.32. The van der Waals surface area contributed by atoms with E-state index in [0.717, 1.165) is 0 Å². The highest BCUT2D eigenvalue weighted by Crippen LogP contribution is 2.53. The van der Waals surface area contributed by atoms with Gasteiger partial charge in [-0.3, -0.25) is 28.9 Å². The van der Waals surface area contributed by atoms with Crippen molar-refractivity contribution in [2.75, 3.05) is 33.1 Å². The van der Waals surface area contributed by atoms with Gasteiger partial charge in [0.2, 0.25) is 5.91 Å². The first-order valence-electron chi connectivity index (χ1n) is 14.6. The number of hydrogen-bond acceptors (Lipinski definition) is 11. The molecule has 0 saturated heterocycles. The van der Waals surface area contributed by atoms with Crippen molar-refractivity contribution in [3.63, 3.8) is 0 Å². The fraction of sp³-hybridized carbons (Fsp3) is 0.531. The summed E-state index contributed by atoms with van der Waals surface area (Å²) in [5, 5.41) is 26.7. The monoisotopic (exact) mass is 608 g/mol. The topological polar surface area (TPSA) is 183 Å². The van der Waals surface area contributed by atoms with E-state index in [2.05, 4.69) is 5.32 Å². The molecule has 6 atom stereocenters. The maximum atomic E-state index is 14.2. The number of Topliss-reactive ketones (excluding diaryl/α,β-unsaturated/α-hetero) is 4. The lowest BCUT2D eigenvalue weighted by molar-refractivity contribution is -0.181. The van der Waals surface area contributed by atoms with E-state index in [1.54, 1.807) is 51.3 Å². The van der Waals surface area contributed by atoms with Crippen LogP contribution in [0.15, 0.2) is 22.6 Å². The Hall–Kier alpha value is -3.87. The van der Waals surface area contributed by atoms with E-state index < -0.39 is 64.4 Å². The molecule has 0 radical (unpaired) electrons. The first kappa shape index (κ1) is 31.6. The minimum Gasteiger partial charge on any atom is -0.506 e. The summed E-state index contributed by atoms with van der Waals surface area (Å²) in [6, 6.07) is 4.05. The largest absolute Gasteiger partial charge is 0.506 e. The maximum Gasteiger partial charge on any atom is 0.235 e. The molecular formula is C32H40N4O8. The molecule has 12 nitrogen and oxygen atoms in total. The number of aliphatic hydroxyl groups is 1. The van der Waals surface area contributed by atoms with Crippen LogP contribution in [0, 0.1) is 23.7 Å². The Balaban J connectivity index is 1.62. The van der Waals surface area contributed by atoms with Crippen LogP contribution in [0.3, 0.4) is 0 Å². The number of carbonyl (C=O) groups excluding carboxylic acids is 5. The second kappa shape index (κ2) is 10.6. The third-order valence-corrected chi connectivity index (χ3v) is 9.24. The summed E-state index contributed by atoms with van der Waals surface area (Å²) < 4.78 is 6.03. The van der Waals surface area contributed by atoms with Crippen molar-refractivity contribution >= 4 is 34.7 Å². The van der Waals surface area contributed by atoms with Gasteiger partial charge in [0.15, 0.2) is 34.7 Å². The van der Waals surface area contributed by atoms with Crippen molar-refractivity contribution in [1.82, 2.24) is 10.2 Å². The quantitative estimate of drug-likeness (QED) is 0.344. The Bertz CT molecular complexity index is 1580.